The van der Waals surface area contributed by atoms with Gasteiger partial charge in [-0.1, -0.05) is 0 Å². The number of halogens is 1. The molecule has 110 valence electrons. The molecular weight excluding hydrogens is 279 g/mol. The van der Waals surface area contributed by atoms with Gasteiger partial charge in [0.2, 0.25) is 5.43 Å². The number of ether oxygens (including phenoxy) is 2. The average molecular weight is 292 g/mol. The zero-order valence-corrected chi connectivity index (χ0v) is 11.6. The Bertz CT molecular complexity index is 800. The summed E-state index contributed by atoms with van der Waals surface area (Å²) in [6.45, 7) is 3.90. The molecule has 0 aliphatic carbocycles. The van der Waals surface area contributed by atoms with Crippen molar-refractivity contribution in [3.63, 3.8) is 0 Å². The quantitative estimate of drug-likeness (QED) is 0.787. The molecule has 21 heavy (non-hydrogen) atoms. The molecule has 1 atom stereocenters. The molecule has 1 aliphatic rings. The second-order valence-electron chi connectivity index (χ2n) is 4.79. The smallest absolute Gasteiger partial charge is 0.343 e. The minimum Gasteiger partial charge on any atom is -0.486 e. The molecule has 0 amide bonds. The molecule has 3 rings (SSSR count). The maximum absolute atomic E-state index is 13.8. The lowest BCUT2D eigenvalue weighted by atomic mass is 10.1. The van der Waals surface area contributed by atoms with Crippen molar-refractivity contribution in [2.75, 3.05) is 13.2 Å². The van der Waals surface area contributed by atoms with Gasteiger partial charge in [-0.05, 0) is 13.8 Å². The Morgan fingerprint density at radius 3 is 3.10 bits per heavy atom. The number of hydrogen-bond donors (Lipinski definition) is 0. The van der Waals surface area contributed by atoms with E-state index in [1.54, 1.807) is 11.5 Å². The highest BCUT2D eigenvalue weighted by Crippen LogP contribution is 2.32. The molecule has 1 unspecified atom stereocenters. The van der Waals surface area contributed by atoms with E-state index < -0.39 is 17.2 Å². The maximum Gasteiger partial charge on any atom is 0.343 e. The minimum absolute atomic E-state index is 0.00324. The summed E-state index contributed by atoms with van der Waals surface area (Å²) in [5.74, 6) is -1.35. The van der Waals surface area contributed by atoms with Gasteiger partial charge in [-0.3, -0.25) is 4.79 Å². The van der Waals surface area contributed by atoms with Gasteiger partial charge in [0, 0.05) is 6.20 Å². The Kier molecular flexibility index (Phi) is 3.12. The fourth-order valence-corrected chi connectivity index (χ4v) is 2.38. The number of pyridine rings is 2. The predicted molar refractivity (Wildman–Crippen MR) is 72.1 cm³/mol. The van der Waals surface area contributed by atoms with Gasteiger partial charge in [0.15, 0.2) is 11.6 Å². The van der Waals surface area contributed by atoms with E-state index in [4.69, 9.17) is 9.47 Å². The van der Waals surface area contributed by atoms with Gasteiger partial charge in [-0.25, -0.2) is 14.2 Å². The highest BCUT2D eigenvalue weighted by molar-refractivity contribution is 5.94. The molecular formula is C14H13FN2O4. The maximum atomic E-state index is 13.8. The molecule has 7 heteroatoms. The number of esters is 1. The summed E-state index contributed by atoms with van der Waals surface area (Å²) in [4.78, 5) is 28.1. The van der Waals surface area contributed by atoms with Crippen molar-refractivity contribution in [3.05, 3.63) is 34.0 Å². The van der Waals surface area contributed by atoms with Gasteiger partial charge < -0.3 is 14.0 Å². The van der Waals surface area contributed by atoms with Crippen LogP contribution in [0.15, 0.2) is 17.2 Å². The Labute approximate surface area is 119 Å². The highest BCUT2D eigenvalue weighted by Gasteiger charge is 2.27. The molecule has 0 aromatic carbocycles. The normalized spacial score (nSPS) is 16.6. The molecule has 0 spiro atoms. The largest absolute Gasteiger partial charge is 0.486 e. The second kappa shape index (κ2) is 4.83. The lowest BCUT2D eigenvalue weighted by Crippen LogP contribution is -2.28. The molecule has 0 N–H and O–H groups in total. The molecule has 2 aromatic heterocycles. The Hall–Kier alpha value is -2.44. The number of carbonyl (C=O) groups is 1. The number of rotatable bonds is 2. The molecule has 0 bridgehead atoms. The summed E-state index contributed by atoms with van der Waals surface area (Å²) >= 11 is 0. The number of hydrogen-bond acceptors (Lipinski definition) is 5. The first kappa shape index (κ1) is 13.5. The van der Waals surface area contributed by atoms with E-state index in [0.29, 0.717) is 0 Å². The Morgan fingerprint density at radius 1 is 1.62 bits per heavy atom. The van der Waals surface area contributed by atoms with Crippen molar-refractivity contribution < 1.29 is 18.7 Å². The predicted octanol–water partition coefficient (Wildman–Crippen LogP) is 1.67. The van der Waals surface area contributed by atoms with Crippen LogP contribution < -0.4 is 10.2 Å². The fraction of sp³-hybridized carbons (Fsp3) is 0.357. The molecule has 2 aromatic rings. The van der Waals surface area contributed by atoms with Crippen molar-refractivity contribution in [2.45, 2.75) is 19.9 Å². The second-order valence-corrected chi connectivity index (χ2v) is 4.79. The number of carbonyl (C=O) groups excluding carboxylic acids is 1. The van der Waals surface area contributed by atoms with Crippen molar-refractivity contribution >= 4 is 17.0 Å². The Morgan fingerprint density at radius 2 is 2.38 bits per heavy atom. The third kappa shape index (κ3) is 1.96. The van der Waals surface area contributed by atoms with Crippen LogP contribution in [-0.2, 0) is 4.74 Å². The monoisotopic (exact) mass is 292 g/mol. The average Bonchev–Trinajstić information content (AvgIpc) is 2.46. The third-order valence-electron chi connectivity index (χ3n) is 3.39. The summed E-state index contributed by atoms with van der Waals surface area (Å²) < 4.78 is 25.6. The van der Waals surface area contributed by atoms with Gasteiger partial charge >= 0.3 is 5.97 Å². The lowest BCUT2D eigenvalue weighted by molar-refractivity contribution is 0.0523. The first-order valence-electron chi connectivity index (χ1n) is 6.57. The molecule has 0 saturated heterocycles. The van der Waals surface area contributed by atoms with Gasteiger partial charge in [-0.2, -0.15) is 0 Å². The number of nitrogens with zero attached hydrogens (tertiary/aromatic N) is 2. The van der Waals surface area contributed by atoms with Crippen LogP contribution in [0.3, 0.4) is 0 Å². The van der Waals surface area contributed by atoms with Crippen molar-refractivity contribution in [1.29, 1.82) is 0 Å². The van der Waals surface area contributed by atoms with Crippen LogP contribution in [0.25, 0.3) is 11.0 Å². The standard InChI is InChI=1S/C14H13FN2O4/c1-3-20-14(19)8-5-17-7(2)6-21-13-9(15)4-16-10(11(13)17)12(8)18/h4-5,7H,3,6H2,1-2H3. The van der Waals surface area contributed by atoms with Crippen LogP contribution in [0, 0.1) is 5.82 Å². The van der Waals surface area contributed by atoms with Crippen molar-refractivity contribution in [2.24, 2.45) is 0 Å². The van der Waals surface area contributed by atoms with Gasteiger partial charge in [-0.15, -0.1) is 0 Å². The topological polar surface area (TPSA) is 70.4 Å². The van der Waals surface area contributed by atoms with Gasteiger partial charge in [0.05, 0.1) is 18.8 Å². The molecule has 6 nitrogen and oxygen atoms in total. The van der Waals surface area contributed by atoms with E-state index in [2.05, 4.69) is 4.98 Å². The molecule has 1 aliphatic heterocycles. The van der Waals surface area contributed by atoms with E-state index in [1.165, 1.54) is 6.20 Å². The van der Waals surface area contributed by atoms with Crippen molar-refractivity contribution in [1.82, 2.24) is 9.55 Å². The van der Waals surface area contributed by atoms with Gasteiger partial charge in [0.25, 0.3) is 0 Å². The Balaban J connectivity index is 2.37. The van der Waals surface area contributed by atoms with E-state index in [0.717, 1.165) is 6.20 Å². The van der Waals surface area contributed by atoms with Gasteiger partial charge in [0.1, 0.15) is 23.2 Å². The lowest BCUT2D eigenvalue weighted by Gasteiger charge is -2.26. The van der Waals surface area contributed by atoms with Crippen LogP contribution in [0.4, 0.5) is 4.39 Å². The summed E-state index contributed by atoms with van der Waals surface area (Å²) in [6.07, 6.45) is 2.31. The zero-order valence-electron chi connectivity index (χ0n) is 11.6. The first-order chi connectivity index (χ1) is 10.0. The highest BCUT2D eigenvalue weighted by atomic mass is 19.1. The van der Waals surface area contributed by atoms with Crippen LogP contribution in [-0.4, -0.2) is 28.7 Å². The summed E-state index contributed by atoms with van der Waals surface area (Å²) in [5.41, 5.74) is -0.419. The third-order valence-corrected chi connectivity index (χ3v) is 3.39. The van der Waals surface area contributed by atoms with Crippen LogP contribution in [0.5, 0.6) is 5.75 Å². The van der Waals surface area contributed by atoms with E-state index in [9.17, 15) is 14.0 Å². The van der Waals surface area contributed by atoms with Crippen LogP contribution >= 0.6 is 0 Å². The van der Waals surface area contributed by atoms with E-state index in [1.807, 2.05) is 6.92 Å². The molecule has 0 radical (unpaired) electrons. The molecule has 0 fully saturated rings. The summed E-state index contributed by atoms with van der Waals surface area (Å²) in [6, 6.07) is -0.155. The van der Waals surface area contributed by atoms with E-state index >= 15 is 0 Å². The van der Waals surface area contributed by atoms with Crippen LogP contribution in [0.1, 0.15) is 30.2 Å². The fourth-order valence-electron chi connectivity index (χ4n) is 2.38. The number of aromatic nitrogens is 2. The summed E-state index contributed by atoms with van der Waals surface area (Å²) in [5, 5.41) is 0. The van der Waals surface area contributed by atoms with Crippen LogP contribution in [0.2, 0.25) is 0 Å². The zero-order chi connectivity index (χ0) is 15.1. The summed E-state index contributed by atoms with van der Waals surface area (Å²) in [7, 11) is 0. The first-order valence-corrected chi connectivity index (χ1v) is 6.57. The molecule has 3 heterocycles. The van der Waals surface area contributed by atoms with Crippen molar-refractivity contribution in [3.8, 4) is 5.75 Å². The molecule has 0 saturated carbocycles. The van der Waals surface area contributed by atoms with E-state index in [-0.39, 0.29) is 41.6 Å². The minimum atomic E-state index is -0.709. The SMILES string of the molecule is CCOC(=O)c1cn2c3c(c(F)cnc3c1=O)OCC2C.